The van der Waals surface area contributed by atoms with Crippen LogP contribution in [0, 0.1) is 0 Å². The van der Waals surface area contributed by atoms with Crippen molar-refractivity contribution in [3.05, 3.63) is 17.5 Å². The minimum absolute atomic E-state index is 0.0107. The lowest BCUT2D eigenvalue weighted by atomic mass is 10.2. The van der Waals surface area contributed by atoms with Gasteiger partial charge in [-0.05, 0) is 6.42 Å². The smallest absolute Gasteiger partial charge is 0.221 e. The summed E-state index contributed by atoms with van der Waals surface area (Å²) in [7, 11) is 1.88. The predicted molar refractivity (Wildman–Crippen MR) is 58.1 cm³/mol. The van der Waals surface area contributed by atoms with Gasteiger partial charge >= 0.3 is 0 Å². The van der Waals surface area contributed by atoms with Gasteiger partial charge in [0.05, 0.1) is 5.69 Å². The number of aryl methyl sites for hydroxylation is 2. The Kier molecular flexibility index (Phi) is 4.30. The van der Waals surface area contributed by atoms with Crippen LogP contribution in [0.2, 0.25) is 0 Å². The summed E-state index contributed by atoms with van der Waals surface area (Å²) in [6, 6.07) is 0. The largest absolute Gasteiger partial charge is 0.352 e. The molecule has 84 valence electrons. The molecular weight excluding hydrogens is 192 g/mol. The topological polar surface area (TPSA) is 72.9 Å². The SMILES string of the molecule is CCc1nn(C)cc1CNC(=O)CCN. The standard InChI is InChI=1S/C10H18N4O/c1-3-9-8(7-14(2)13-9)6-12-10(15)4-5-11/h7H,3-6,11H2,1-2H3,(H,12,15). The molecule has 0 saturated heterocycles. The van der Waals surface area contributed by atoms with Crippen LogP contribution >= 0.6 is 0 Å². The van der Waals surface area contributed by atoms with Gasteiger partial charge < -0.3 is 11.1 Å². The molecule has 0 saturated carbocycles. The normalized spacial score (nSPS) is 10.3. The summed E-state index contributed by atoms with van der Waals surface area (Å²) in [6.07, 6.45) is 3.19. The highest BCUT2D eigenvalue weighted by molar-refractivity contribution is 5.76. The first-order valence-electron chi connectivity index (χ1n) is 5.15. The molecule has 1 amide bonds. The lowest BCUT2D eigenvalue weighted by molar-refractivity contribution is -0.121. The van der Waals surface area contributed by atoms with Crippen LogP contribution in [-0.4, -0.2) is 22.2 Å². The molecule has 15 heavy (non-hydrogen) atoms. The number of hydrogen-bond donors (Lipinski definition) is 2. The number of nitrogens with two attached hydrogens (primary N) is 1. The van der Waals surface area contributed by atoms with Crippen LogP contribution in [0.15, 0.2) is 6.20 Å². The molecule has 1 aromatic rings. The first-order chi connectivity index (χ1) is 7.17. The Morgan fingerprint density at radius 1 is 1.67 bits per heavy atom. The number of carbonyl (C=O) groups is 1. The van der Waals surface area contributed by atoms with Crippen molar-refractivity contribution in [2.75, 3.05) is 6.54 Å². The average Bonchev–Trinajstić information content (AvgIpc) is 2.56. The molecule has 0 aliphatic carbocycles. The second-order valence-corrected chi connectivity index (χ2v) is 3.44. The van der Waals surface area contributed by atoms with E-state index in [-0.39, 0.29) is 5.91 Å². The maximum absolute atomic E-state index is 11.2. The number of amides is 1. The fraction of sp³-hybridized carbons (Fsp3) is 0.600. The Morgan fingerprint density at radius 3 is 3.00 bits per heavy atom. The Balaban J connectivity index is 2.52. The summed E-state index contributed by atoms with van der Waals surface area (Å²) in [6.45, 7) is 2.98. The summed E-state index contributed by atoms with van der Waals surface area (Å²) in [4.78, 5) is 11.2. The summed E-state index contributed by atoms with van der Waals surface area (Å²) < 4.78 is 1.77. The van der Waals surface area contributed by atoms with E-state index in [1.807, 2.05) is 20.2 Å². The van der Waals surface area contributed by atoms with E-state index in [9.17, 15) is 4.79 Å². The van der Waals surface area contributed by atoms with E-state index in [4.69, 9.17) is 5.73 Å². The third-order valence-corrected chi connectivity index (χ3v) is 2.17. The van der Waals surface area contributed by atoms with E-state index in [0.717, 1.165) is 17.7 Å². The molecule has 0 aromatic carbocycles. The zero-order valence-corrected chi connectivity index (χ0v) is 9.29. The lowest BCUT2D eigenvalue weighted by Gasteiger charge is -2.03. The lowest BCUT2D eigenvalue weighted by Crippen LogP contribution is -2.25. The molecular formula is C10H18N4O. The van der Waals surface area contributed by atoms with Crippen molar-refractivity contribution in [1.82, 2.24) is 15.1 Å². The average molecular weight is 210 g/mol. The number of nitrogens with one attached hydrogen (secondary N) is 1. The molecule has 5 heteroatoms. The van der Waals surface area contributed by atoms with Gasteiger partial charge in [-0.3, -0.25) is 9.48 Å². The Bertz CT molecular complexity index is 332. The summed E-state index contributed by atoms with van der Waals surface area (Å²) >= 11 is 0. The van der Waals surface area contributed by atoms with Gasteiger partial charge in [-0.25, -0.2) is 0 Å². The first-order valence-corrected chi connectivity index (χ1v) is 5.15. The summed E-state index contributed by atoms with van der Waals surface area (Å²) in [5, 5.41) is 7.11. The summed E-state index contributed by atoms with van der Waals surface area (Å²) in [5.41, 5.74) is 7.39. The minimum Gasteiger partial charge on any atom is -0.352 e. The van der Waals surface area contributed by atoms with Gasteiger partial charge in [-0.2, -0.15) is 5.10 Å². The molecule has 0 aliphatic rings. The van der Waals surface area contributed by atoms with Crippen molar-refractivity contribution >= 4 is 5.91 Å². The van der Waals surface area contributed by atoms with Gasteiger partial charge in [0.25, 0.3) is 0 Å². The number of rotatable bonds is 5. The molecule has 1 aromatic heterocycles. The van der Waals surface area contributed by atoms with Crippen LogP contribution in [0.4, 0.5) is 0 Å². The van der Waals surface area contributed by atoms with E-state index in [2.05, 4.69) is 10.4 Å². The van der Waals surface area contributed by atoms with Gasteiger partial charge in [0, 0.05) is 38.3 Å². The van der Waals surface area contributed by atoms with Crippen LogP contribution in [-0.2, 0) is 24.8 Å². The van der Waals surface area contributed by atoms with Crippen molar-refractivity contribution in [1.29, 1.82) is 0 Å². The van der Waals surface area contributed by atoms with Crippen molar-refractivity contribution in [3.63, 3.8) is 0 Å². The Hall–Kier alpha value is -1.36. The van der Waals surface area contributed by atoms with Crippen LogP contribution in [0.1, 0.15) is 24.6 Å². The third kappa shape index (κ3) is 3.36. The fourth-order valence-corrected chi connectivity index (χ4v) is 1.44. The first kappa shape index (κ1) is 11.7. The minimum atomic E-state index is -0.0107. The molecule has 0 fully saturated rings. The number of hydrogen-bond acceptors (Lipinski definition) is 3. The van der Waals surface area contributed by atoms with Gasteiger partial charge in [-0.1, -0.05) is 6.92 Å². The molecule has 0 spiro atoms. The quantitative estimate of drug-likeness (QED) is 0.715. The predicted octanol–water partition coefficient (Wildman–Crippen LogP) is -0.0525. The van der Waals surface area contributed by atoms with Crippen molar-refractivity contribution in [3.8, 4) is 0 Å². The van der Waals surface area contributed by atoms with E-state index in [1.54, 1.807) is 4.68 Å². The van der Waals surface area contributed by atoms with Crippen molar-refractivity contribution < 1.29 is 4.79 Å². The Morgan fingerprint density at radius 2 is 2.40 bits per heavy atom. The monoisotopic (exact) mass is 210 g/mol. The molecule has 0 bridgehead atoms. The van der Waals surface area contributed by atoms with E-state index in [1.165, 1.54) is 0 Å². The number of carbonyl (C=O) groups excluding carboxylic acids is 1. The molecule has 3 N–H and O–H groups in total. The maximum Gasteiger partial charge on any atom is 0.221 e. The highest BCUT2D eigenvalue weighted by Crippen LogP contribution is 2.06. The van der Waals surface area contributed by atoms with Crippen LogP contribution < -0.4 is 11.1 Å². The van der Waals surface area contributed by atoms with Crippen LogP contribution in [0.3, 0.4) is 0 Å². The van der Waals surface area contributed by atoms with E-state index >= 15 is 0 Å². The number of nitrogens with zero attached hydrogens (tertiary/aromatic N) is 2. The molecule has 1 heterocycles. The van der Waals surface area contributed by atoms with E-state index < -0.39 is 0 Å². The Labute approximate surface area is 89.6 Å². The molecule has 1 rings (SSSR count). The van der Waals surface area contributed by atoms with Gasteiger partial charge in [0.1, 0.15) is 0 Å². The zero-order valence-electron chi connectivity index (χ0n) is 9.29. The van der Waals surface area contributed by atoms with Crippen LogP contribution in [0.25, 0.3) is 0 Å². The molecule has 0 unspecified atom stereocenters. The summed E-state index contributed by atoms with van der Waals surface area (Å²) in [5.74, 6) is -0.0107. The van der Waals surface area contributed by atoms with Gasteiger partial charge in [-0.15, -0.1) is 0 Å². The van der Waals surface area contributed by atoms with Crippen molar-refractivity contribution in [2.45, 2.75) is 26.3 Å². The van der Waals surface area contributed by atoms with E-state index in [0.29, 0.717) is 19.5 Å². The maximum atomic E-state index is 11.2. The molecule has 5 nitrogen and oxygen atoms in total. The second kappa shape index (κ2) is 5.50. The van der Waals surface area contributed by atoms with Gasteiger partial charge in [0.15, 0.2) is 0 Å². The van der Waals surface area contributed by atoms with Crippen LogP contribution in [0.5, 0.6) is 0 Å². The molecule has 0 radical (unpaired) electrons. The third-order valence-electron chi connectivity index (χ3n) is 2.17. The van der Waals surface area contributed by atoms with Crippen molar-refractivity contribution in [2.24, 2.45) is 12.8 Å². The fourth-order valence-electron chi connectivity index (χ4n) is 1.44. The zero-order chi connectivity index (χ0) is 11.3. The highest BCUT2D eigenvalue weighted by atomic mass is 16.1. The molecule has 0 aliphatic heterocycles. The highest BCUT2D eigenvalue weighted by Gasteiger charge is 2.06. The van der Waals surface area contributed by atoms with Gasteiger partial charge in [0.2, 0.25) is 5.91 Å². The molecule has 0 atom stereocenters. The second-order valence-electron chi connectivity index (χ2n) is 3.44. The number of aromatic nitrogens is 2.